The second-order valence-electron chi connectivity index (χ2n) is 7.94. The van der Waals surface area contributed by atoms with Crippen molar-refractivity contribution in [1.29, 1.82) is 0 Å². The van der Waals surface area contributed by atoms with E-state index in [1.54, 1.807) is 7.11 Å². The van der Waals surface area contributed by atoms with Crippen LogP contribution in [0.4, 0.5) is 5.88 Å². The number of anilines is 1. The fourth-order valence-corrected chi connectivity index (χ4v) is 4.69. The molecule has 2 heterocycles. The monoisotopic (exact) mass is 427 g/mol. The molecule has 0 unspecified atom stereocenters. The molecule has 156 valence electrons. The van der Waals surface area contributed by atoms with E-state index in [-0.39, 0.29) is 0 Å². The highest BCUT2D eigenvalue weighted by atomic mass is 32.1. The maximum absolute atomic E-state index is 6.58. The molecule has 1 aliphatic rings. The van der Waals surface area contributed by atoms with Gasteiger partial charge in [-0.2, -0.15) is 0 Å². The Kier molecular flexibility index (Phi) is 5.47. The quantitative estimate of drug-likeness (QED) is 0.315. The van der Waals surface area contributed by atoms with Crippen LogP contribution in [0.25, 0.3) is 33.2 Å². The first-order valence-electron chi connectivity index (χ1n) is 10.8. The average Bonchev–Trinajstić information content (AvgIpc) is 2.84. The Bertz CT molecular complexity index is 1260. The van der Waals surface area contributed by atoms with Crippen LogP contribution in [0.5, 0.6) is 5.75 Å². The Morgan fingerprint density at radius 1 is 0.839 bits per heavy atom. The second-order valence-corrected chi connectivity index (χ2v) is 8.38. The summed E-state index contributed by atoms with van der Waals surface area (Å²) in [6, 6.07) is 24.7. The molecular weight excluding hydrogens is 402 g/mol. The first-order chi connectivity index (χ1) is 15.3. The van der Waals surface area contributed by atoms with Crippen molar-refractivity contribution in [1.82, 2.24) is 0 Å². The topological polar surface area (TPSA) is 25.6 Å². The van der Waals surface area contributed by atoms with Crippen molar-refractivity contribution < 1.29 is 9.15 Å². The molecule has 3 nitrogen and oxygen atoms in total. The van der Waals surface area contributed by atoms with Crippen molar-refractivity contribution in [2.45, 2.75) is 19.3 Å². The summed E-state index contributed by atoms with van der Waals surface area (Å²) >= 11 is 5.88. The van der Waals surface area contributed by atoms with E-state index in [1.165, 1.54) is 19.3 Å². The lowest BCUT2D eigenvalue weighted by Crippen LogP contribution is -2.29. The number of fused-ring (bicyclic) bond motifs is 1. The van der Waals surface area contributed by atoms with E-state index in [0.717, 1.165) is 62.5 Å². The van der Waals surface area contributed by atoms with Crippen LogP contribution < -0.4 is 9.64 Å². The average molecular weight is 428 g/mol. The van der Waals surface area contributed by atoms with Gasteiger partial charge in [-0.1, -0.05) is 72.9 Å². The molecule has 0 aliphatic carbocycles. The van der Waals surface area contributed by atoms with Gasteiger partial charge in [-0.05, 0) is 36.5 Å². The van der Waals surface area contributed by atoms with Crippen molar-refractivity contribution in [2.24, 2.45) is 0 Å². The molecule has 5 rings (SSSR count). The van der Waals surface area contributed by atoms with Crippen LogP contribution in [0.3, 0.4) is 0 Å². The number of benzene rings is 3. The number of rotatable bonds is 4. The maximum atomic E-state index is 6.58. The molecular formula is C27H25NO2S. The molecule has 0 atom stereocenters. The molecule has 0 amide bonds. The summed E-state index contributed by atoms with van der Waals surface area (Å²) < 4.78 is 13.4. The molecule has 0 saturated carbocycles. The van der Waals surface area contributed by atoms with Gasteiger partial charge in [-0.25, -0.2) is 0 Å². The Balaban J connectivity index is 1.84. The third-order valence-corrected chi connectivity index (χ3v) is 6.32. The minimum atomic E-state index is 0.788. The largest absolute Gasteiger partial charge is 0.495 e. The number of hydrogen-bond donors (Lipinski definition) is 0. The first kappa shape index (κ1) is 19.8. The zero-order valence-corrected chi connectivity index (χ0v) is 18.5. The number of ether oxygens (including phenoxy) is 1. The number of methoxy groups -OCH3 is 1. The fourth-order valence-electron chi connectivity index (χ4n) is 4.44. The van der Waals surface area contributed by atoms with E-state index in [0.29, 0.717) is 0 Å². The molecule has 0 bridgehead atoms. The van der Waals surface area contributed by atoms with Gasteiger partial charge in [0.1, 0.15) is 11.3 Å². The summed E-state index contributed by atoms with van der Waals surface area (Å²) in [5, 5.41) is 0.939. The normalized spacial score (nSPS) is 14.0. The van der Waals surface area contributed by atoms with Gasteiger partial charge >= 0.3 is 0 Å². The lowest BCUT2D eigenvalue weighted by Gasteiger charge is -2.27. The zero-order chi connectivity index (χ0) is 21.2. The summed E-state index contributed by atoms with van der Waals surface area (Å²) in [6.45, 7) is 2.01. The third kappa shape index (κ3) is 3.72. The van der Waals surface area contributed by atoms with E-state index in [2.05, 4.69) is 35.2 Å². The van der Waals surface area contributed by atoms with Gasteiger partial charge in [0, 0.05) is 30.1 Å². The van der Waals surface area contributed by atoms with Gasteiger partial charge in [0.15, 0.2) is 5.88 Å². The summed E-state index contributed by atoms with van der Waals surface area (Å²) in [7, 11) is 1.73. The van der Waals surface area contributed by atoms with Gasteiger partial charge in [0.05, 0.1) is 17.2 Å². The van der Waals surface area contributed by atoms with Crippen LogP contribution >= 0.6 is 12.2 Å². The Morgan fingerprint density at radius 2 is 1.48 bits per heavy atom. The van der Waals surface area contributed by atoms with Gasteiger partial charge in [0.25, 0.3) is 0 Å². The van der Waals surface area contributed by atoms with Crippen LogP contribution in [0.1, 0.15) is 19.3 Å². The number of hydrogen-bond acceptors (Lipinski definition) is 4. The summed E-state index contributed by atoms with van der Waals surface area (Å²) in [6.07, 6.45) is 3.64. The van der Waals surface area contributed by atoms with Crippen LogP contribution in [-0.2, 0) is 0 Å². The molecule has 4 heteroatoms. The highest BCUT2D eigenvalue weighted by Gasteiger charge is 2.22. The summed E-state index contributed by atoms with van der Waals surface area (Å²) in [5.41, 5.74) is 4.89. The number of piperidine rings is 1. The smallest absolute Gasteiger partial charge is 0.197 e. The SMILES string of the molecule is COc1c(-c2ccccc2)cc2c(=S)cc(N3CCCCC3)oc2c1-c1ccccc1. The van der Waals surface area contributed by atoms with E-state index in [9.17, 15) is 0 Å². The molecule has 31 heavy (non-hydrogen) atoms. The predicted molar refractivity (Wildman–Crippen MR) is 131 cm³/mol. The van der Waals surface area contributed by atoms with Crippen LogP contribution in [0, 0.1) is 4.51 Å². The highest BCUT2D eigenvalue weighted by molar-refractivity contribution is 7.71. The number of nitrogens with zero attached hydrogens (tertiary/aromatic N) is 1. The Hall–Kier alpha value is -3.11. The minimum absolute atomic E-state index is 0.788. The molecule has 0 N–H and O–H groups in total. The lowest BCUT2D eigenvalue weighted by molar-refractivity contribution is 0.417. The molecule has 0 radical (unpaired) electrons. The van der Waals surface area contributed by atoms with Gasteiger partial charge in [0.2, 0.25) is 0 Å². The molecule has 0 spiro atoms. The van der Waals surface area contributed by atoms with Gasteiger partial charge in [-0.15, -0.1) is 0 Å². The maximum Gasteiger partial charge on any atom is 0.197 e. The molecule has 1 aliphatic heterocycles. The molecule has 3 aromatic carbocycles. The van der Waals surface area contributed by atoms with Crippen LogP contribution in [0.15, 0.2) is 77.2 Å². The zero-order valence-electron chi connectivity index (χ0n) is 17.6. The Labute approximate surface area is 187 Å². The van der Waals surface area contributed by atoms with Crippen LogP contribution in [-0.4, -0.2) is 20.2 Å². The Morgan fingerprint density at radius 3 is 2.13 bits per heavy atom. The van der Waals surface area contributed by atoms with E-state index < -0.39 is 0 Å². The minimum Gasteiger partial charge on any atom is -0.495 e. The lowest BCUT2D eigenvalue weighted by atomic mass is 9.94. The molecule has 1 fully saturated rings. The fraction of sp³-hybridized carbons (Fsp3) is 0.222. The molecule has 1 saturated heterocycles. The van der Waals surface area contributed by atoms with E-state index >= 15 is 0 Å². The molecule has 1 aromatic heterocycles. The van der Waals surface area contributed by atoms with Crippen LogP contribution in [0.2, 0.25) is 0 Å². The van der Waals surface area contributed by atoms with E-state index in [4.69, 9.17) is 21.4 Å². The van der Waals surface area contributed by atoms with Crippen molar-refractivity contribution in [3.63, 3.8) is 0 Å². The van der Waals surface area contributed by atoms with Crippen molar-refractivity contribution in [3.05, 3.63) is 77.3 Å². The third-order valence-electron chi connectivity index (χ3n) is 5.98. The summed E-state index contributed by atoms with van der Waals surface area (Å²) in [4.78, 5) is 2.31. The van der Waals surface area contributed by atoms with Crippen molar-refractivity contribution >= 4 is 29.1 Å². The first-order valence-corrected chi connectivity index (χ1v) is 11.2. The standard InChI is InChI=1S/C27H25NO2S/c1-29-26-21(19-11-5-2-6-12-19)17-22-23(31)18-24(28-15-9-4-10-16-28)30-27(22)25(26)20-13-7-3-8-14-20/h2-3,5-8,11-14,17-18H,4,9-10,15-16H2,1H3. The van der Waals surface area contributed by atoms with E-state index in [1.807, 2.05) is 42.5 Å². The van der Waals surface area contributed by atoms with Crippen molar-refractivity contribution in [3.8, 4) is 28.0 Å². The highest BCUT2D eigenvalue weighted by Crippen LogP contribution is 2.45. The molecule has 4 aromatic rings. The van der Waals surface area contributed by atoms with Gasteiger partial charge < -0.3 is 14.1 Å². The van der Waals surface area contributed by atoms with Crippen molar-refractivity contribution in [2.75, 3.05) is 25.1 Å². The predicted octanol–water partition coefficient (Wildman–Crippen LogP) is 7.50. The second kappa shape index (κ2) is 8.56. The van der Waals surface area contributed by atoms with Gasteiger partial charge in [-0.3, -0.25) is 0 Å². The summed E-state index contributed by atoms with van der Waals surface area (Å²) in [5.74, 6) is 1.66.